The number of pyridine rings is 3. The van der Waals surface area contributed by atoms with Crippen molar-refractivity contribution in [3.63, 3.8) is 0 Å². The molecule has 42 heavy (non-hydrogen) atoms. The molecule has 4 aromatic carbocycles. The van der Waals surface area contributed by atoms with Crippen molar-refractivity contribution in [1.82, 2.24) is 9.97 Å². The summed E-state index contributed by atoms with van der Waals surface area (Å²) in [5, 5.41) is 2.50. The van der Waals surface area contributed by atoms with Crippen LogP contribution in [0.25, 0.3) is 66.5 Å². The average molecular weight is 541 g/mol. The first-order valence-electron chi connectivity index (χ1n) is 14.2. The van der Waals surface area contributed by atoms with Crippen molar-refractivity contribution in [2.24, 2.45) is 7.05 Å². The standard InChI is InChI=1S/C39H30N3/c1-27-14-15-31(24-38(27)39-37-13-4-3-8-28(37)16-19-42(39)2)29-9-5-10-30(20-29)34-21-35(32-11-6-17-40-25-32)23-36(22-34)33-12-7-18-41-26-33/h3-26H,1-2H3/q+1. The van der Waals surface area contributed by atoms with E-state index in [2.05, 4.69) is 138 Å². The van der Waals surface area contributed by atoms with E-state index in [-0.39, 0.29) is 0 Å². The molecule has 0 aliphatic carbocycles. The van der Waals surface area contributed by atoms with Crippen LogP contribution in [-0.2, 0) is 7.05 Å². The number of aryl methyl sites for hydroxylation is 2. The molecule has 0 atom stereocenters. The lowest BCUT2D eigenvalue weighted by molar-refractivity contribution is -0.659. The zero-order valence-electron chi connectivity index (χ0n) is 23.7. The maximum atomic E-state index is 4.37. The molecule has 0 saturated heterocycles. The van der Waals surface area contributed by atoms with E-state index in [9.17, 15) is 0 Å². The summed E-state index contributed by atoms with van der Waals surface area (Å²) in [5.41, 5.74) is 12.9. The van der Waals surface area contributed by atoms with Crippen molar-refractivity contribution >= 4 is 10.8 Å². The molecule has 7 rings (SSSR count). The summed E-state index contributed by atoms with van der Waals surface area (Å²) in [7, 11) is 2.13. The Balaban J connectivity index is 1.35. The summed E-state index contributed by atoms with van der Waals surface area (Å²) >= 11 is 0. The molecule has 0 N–H and O–H groups in total. The third-order valence-corrected chi connectivity index (χ3v) is 7.99. The normalized spacial score (nSPS) is 11.1. The summed E-state index contributed by atoms with van der Waals surface area (Å²) in [6.07, 6.45) is 9.62. The Kier molecular flexibility index (Phi) is 6.61. The van der Waals surface area contributed by atoms with Gasteiger partial charge in [0.15, 0.2) is 6.20 Å². The second-order valence-electron chi connectivity index (χ2n) is 10.8. The fourth-order valence-corrected chi connectivity index (χ4v) is 5.78. The third-order valence-electron chi connectivity index (χ3n) is 7.99. The summed E-state index contributed by atoms with van der Waals surface area (Å²) in [4.78, 5) is 8.74. The van der Waals surface area contributed by atoms with Crippen molar-refractivity contribution in [1.29, 1.82) is 0 Å². The fraction of sp³-hybridized carbons (Fsp3) is 0.0513. The molecule has 0 unspecified atom stereocenters. The molecule has 7 aromatic rings. The molecular formula is C39H30N3+. The maximum absolute atomic E-state index is 4.37. The molecule has 0 fully saturated rings. The second-order valence-corrected chi connectivity index (χ2v) is 10.8. The lowest BCUT2D eigenvalue weighted by Gasteiger charge is -2.13. The van der Waals surface area contributed by atoms with E-state index in [4.69, 9.17) is 0 Å². The minimum atomic E-state index is 1.09. The fourth-order valence-electron chi connectivity index (χ4n) is 5.78. The maximum Gasteiger partial charge on any atom is 0.220 e. The van der Waals surface area contributed by atoms with Gasteiger partial charge in [-0.05, 0) is 99.8 Å². The Labute approximate surface area is 246 Å². The van der Waals surface area contributed by atoms with Gasteiger partial charge in [0, 0.05) is 42.0 Å². The van der Waals surface area contributed by atoms with Gasteiger partial charge < -0.3 is 0 Å². The summed E-state index contributed by atoms with van der Waals surface area (Å²) < 4.78 is 2.23. The molecule has 0 amide bonds. The monoisotopic (exact) mass is 540 g/mol. The Hall–Kier alpha value is -5.41. The number of nitrogens with zero attached hydrogens (tertiary/aromatic N) is 3. The number of benzene rings is 4. The Bertz CT molecular complexity index is 1990. The predicted molar refractivity (Wildman–Crippen MR) is 173 cm³/mol. The lowest BCUT2D eigenvalue weighted by atomic mass is 9.91. The van der Waals surface area contributed by atoms with E-state index in [1.54, 1.807) is 0 Å². The number of aromatic nitrogens is 3. The van der Waals surface area contributed by atoms with Gasteiger partial charge in [-0.3, -0.25) is 9.97 Å². The van der Waals surface area contributed by atoms with E-state index < -0.39 is 0 Å². The van der Waals surface area contributed by atoms with Crippen LogP contribution in [0.5, 0.6) is 0 Å². The molecule has 3 heteroatoms. The molecule has 0 bridgehead atoms. The molecule has 0 saturated carbocycles. The molecule has 0 spiro atoms. The quantitative estimate of drug-likeness (QED) is 0.204. The van der Waals surface area contributed by atoms with Crippen molar-refractivity contribution in [3.8, 4) is 55.8 Å². The zero-order valence-corrected chi connectivity index (χ0v) is 23.7. The molecule has 0 radical (unpaired) electrons. The number of hydrogen-bond acceptors (Lipinski definition) is 2. The van der Waals surface area contributed by atoms with Crippen LogP contribution in [0.2, 0.25) is 0 Å². The zero-order chi connectivity index (χ0) is 28.5. The van der Waals surface area contributed by atoms with Gasteiger partial charge in [0.1, 0.15) is 7.05 Å². The minimum absolute atomic E-state index is 1.09. The van der Waals surface area contributed by atoms with E-state index in [1.165, 1.54) is 44.3 Å². The van der Waals surface area contributed by atoms with Crippen molar-refractivity contribution in [2.75, 3.05) is 0 Å². The lowest BCUT2D eigenvalue weighted by Crippen LogP contribution is -2.30. The van der Waals surface area contributed by atoms with Crippen LogP contribution in [-0.4, -0.2) is 9.97 Å². The second kappa shape index (κ2) is 10.9. The van der Waals surface area contributed by atoms with Crippen molar-refractivity contribution in [2.45, 2.75) is 6.92 Å². The van der Waals surface area contributed by atoms with Crippen LogP contribution in [0, 0.1) is 6.92 Å². The van der Waals surface area contributed by atoms with E-state index in [0.717, 1.165) is 27.8 Å². The van der Waals surface area contributed by atoms with Gasteiger partial charge in [-0.15, -0.1) is 0 Å². The van der Waals surface area contributed by atoms with Gasteiger partial charge in [-0.25, -0.2) is 4.57 Å². The van der Waals surface area contributed by atoms with Gasteiger partial charge in [0.2, 0.25) is 5.69 Å². The highest BCUT2D eigenvalue weighted by Gasteiger charge is 2.18. The first-order valence-corrected chi connectivity index (χ1v) is 14.2. The highest BCUT2D eigenvalue weighted by molar-refractivity contribution is 5.94. The van der Waals surface area contributed by atoms with Gasteiger partial charge in [0.25, 0.3) is 0 Å². The van der Waals surface area contributed by atoms with E-state index in [0.29, 0.717) is 0 Å². The molecular weight excluding hydrogens is 510 g/mol. The Morgan fingerprint density at radius 3 is 1.74 bits per heavy atom. The van der Waals surface area contributed by atoms with Gasteiger partial charge in [0.05, 0.1) is 10.9 Å². The van der Waals surface area contributed by atoms with Gasteiger partial charge in [-0.2, -0.15) is 0 Å². The number of hydrogen-bond donors (Lipinski definition) is 0. The largest absolute Gasteiger partial charge is 0.264 e. The molecule has 200 valence electrons. The number of fused-ring (bicyclic) bond motifs is 1. The molecule has 0 aliphatic heterocycles. The van der Waals surface area contributed by atoms with Crippen LogP contribution in [0.15, 0.2) is 146 Å². The van der Waals surface area contributed by atoms with Crippen molar-refractivity contribution in [3.05, 3.63) is 152 Å². The Morgan fingerprint density at radius 2 is 1.07 bits per heavy atom. The number of rotatable bonds is 5. The minimum Gasteiger partial charge on any atom is -0.264 e. The van der Waals surface area contributed by atoms with Crippen LogP contribution < -0.4 is 4.57 Å². The van der Waals surface area contributed by atoms with Crippen LogP contribution in [0.3, 0.4) is 0 Å². The third kappa shape index (κ3) is 4.86. The predicted octanol–water partition coefficient (Wildman–Crippen LogP) is 9.10. The van der Waals surface area contributed by atoms with Crippen molar-refractivity contribution < 1.29 is 4.57 Å². The van der Waals surface area contributed by atoms with Gasteiger partial charge >= 0.3 is 0 Å². The SMILES string of the molecule is Cc1ccc(-c2cccc(-c3cc(-c4cccnc4)cc(-c4cccnc4)c3)c2)cc1-c1c2ccccc2cc[n+]1C. The van der Waals surface area contributed by atoms with Gasteiger partial charge in [-0.1, -0.05) is 60.7 Å². The van der Waals surface area contributed by atoms with E-state index in [1.807, 2.05) is 36.9 Å². The van der Waals surface area contributed by atoms with Crippen LogP contribution >= 0.6 is 0 Å². The summed E-state index contributed by atoms with van der Waals surface area (Å²) in [6, 6.07) is 41.4. The molecule has 3 heterocycles. The topological polar surface area (TPSA) is 29.7 Å². The van der Waals surface area contributed by atoms with Crippen LogP contribution in [0.1, 0.15) is 5.56 Å². The van der Waals surface area contributed by atoms with Crippen LogP contribution in [0.4, 0.5) is 0 Å². The summed E-state index contributed by atoms with van der Waals surface area (Å²) in [6.45, 7) is 2.20. The average Bonchev–Trinajstić information content (AvgIpc) is 3.06. The molecule has 3 nitrogen and oxygen atoms in total. The Morgan fingerprint density at radius 1 is 0.500 bits per heavy atom. The van der Waals surface area contributed by atoms with E-state index >= 15 is 0 Å². The highest BCUT2D eigenvalue weighted by atomic mass is 14.9. The summed E-state index contributed by atoms with van der Waals surface area (Å²) in [5.74, 6) is 0. The smallest absolute Gasteiger partial charge is 0.220 e. The highest BCUT2D eigenvalue weighted by Crippen LogP contribution is 2.36. The molecule has 3 aromatic heterocycles. The first-order chi connectivity index (χ1) is 20.6. The first kappa shape index (κ1) is 25.6. The molecule has 0 aliphatic rings.